The lowest BCUT2D eigenvalue weighted by molar-refractivity contribution is 0.467. The van der Waals surface area contributed by atoms with Gasteiger partial charge in [0.25, 0.3) is 0 Å². The normalized spacial score (nSPS) is 10.6. The summed E-state index contributed by atoms with van der Waals surface area (Å²) in [4.78, 5) is 0. The molecule has 0 aliphatic carbocycles. The second-order valence-electron chi connectivity index (χ2n) is 4.06. The Morgan fingerprint density at radius 2 is 2.00 bits per heavy atom. The summed E-state index contributed by atoms with van der Waals surface area (Å²) in [6.45, 7) is 3.73. The van der Waals surface area contributed by atoms with Gasteiger partial charge in [-0.2, -0.15) is 0 Å². The molecule has 1 aromatic rings. The van der Waals surface area contributed by atoms with E-state index < -0.39 is 0 Å². The van der Waals surface area contributed by atoms with E-state index in [2.05, 4.69) is 12.2 Å². The molecule has 1 rings (SSSR count). The summed E-state index contributed by atoms with van der Waals surface area (Å²) in [7, 11) is 0. The van der Waals surface area contributed by atoms with Crippen molar-refractivity contribution in [2.75, 3.05) is 6.54 Å². The SMILES string of the molecule is CCCCCCNCc1cc(O)cc(F)c1. The lowest BCUT2D eigenvalue weighted by Gasteiger charge is -2.05. The number of hydrogen-bond donors (Lipinski definition) is 2. The van der Waals surface area contributed by atoms with E-state index in [0.717, 1.165) is 24.6 Å². The number of halogens is 1. The van der Waals surface area contributed by atoms with Crippen LogP contribution in [0.4, 0.5) is 4.39 Å². The van der Waals surface area contributed by atoms with Gasteiger partial charge in [0, 0.05) is 12.6 Å². The van der Waals surface area contributed by atoms with E-state index in [1.165, 1.54) is 25.3 Å². The third-order valence-corrected chi connectivity index (χ3v) is 2.48. The average molecular weight is 225 g/mol. The van der Waals surface area contributed by atoms with Crippen LogP contribution in [0.5, 0.6) is 5.75 Å². The quantitative estimate of drug-likeness (QED) is 0.698. The third kappa shape index (κ3) is 5.12. The molecule has 0 saturated heterocycles. The fourth-order valence-electron chi connectivity index (χ4n) is 1.64. The number of phenols is 1. The number of hydrogen-bond acceptors (Lipinski definition) is 2. The zero-order valence-corrected chi connectivity index (χ0v) is 9.80. The molecular formula is C13H20FNO. The van der Waals surface area contributed by atoms with Crippen LogP contribution in [0.2, 0.25) is 0 Å². The first kappa shape index (κ1) is 13.0. The number of aromatic hydroxyl groups is 1. The van der Waals surface area contributed by atoms with Crippen molar-refractivity contribution in [3.05, 3.63) is 29.6 Å². The average Bonchev–Trinajstić information content (AvgIpc) is 2.22. The van der Waals surface area contributed by atoms with E-state index in [1.54, 1.807) is 6.07 Å². The molecule has 0 heterocycles. The Hall–Kier alpha value is -1.09. The summed E-state index contributed by atoms with van der Waals surface area (Å²) in [5.74, 6) is -0.398. The fourth-order valence-corrected chi connectivity index (χ4v) is 1.64. The Bertz CT molecular complexity index is 295. The van der Waals surface area contributed by atoms with Crippen LogP contribution < -0.4 is 5.32 Å². The molecule has 0 aliphatic rings. The highest BCUT2D eigenvalue weighted by molar-refractivity contribution is 5.28. The Morgan fingerprint density at radius 1 is 1.19 bits per heavy atom. The predicted octanol–water partition coefficient (Wildman–Crippen LogP) is 3.20. The van der Waals surface area contributed by atoms with Crippen LogP contribution in [0, 0.1) is 5.82 Å². The molecule has 90 valence electrons. The van der Waals surface area contributed by atoms with Crippen molar-refractivity contribution in [1.82, 2.24) is 5.32 Å². The molecule has 0 amide bonds. The summed E-state index contributed by atoms with van der Waals surface area (Å²) in [5.41, 5.74) is 0.785. The molecule has 0 spiro atoms. The van der Waals surface area contributed by atoms with Gasteiger partial charge in [-0.05, 0) is 30.7 Å². The van der Waals surface area contributed by atoms with Gasteiger partial charge in [0.05, 0.1) is 0 Å². The van der Waals surface area contributed by atoms with Crippen molar-refractivity contribution >= 4 is 0 Å². The molecule has 3 heteroatoms. The van der Waals surface area contributed by atoms with Crippen LogP contribution in [0.25, 0.3) is 0 Å². The lowest BCUT2D eigenvalue weighted by Crippen LogP contribution is -2.14. The Kier molecular flexibility index (Phi) is 5.86. The topological polar surface area (TPSA) is 32.3 Å². The van der Waals surface area contributed by atoms with E-state index >= 15 is 0 Å². The van der Waals surface area contributed by atoms with Gasteiger partial charge in [-0.25, -0.2) is 4.39 Å². The van der Waals surface area contributed by atoms with Crippen LogP contribution in [0.3, 0.4) is 0 Å². The first-order valence-electron chi connectivity index (χ1n) is 5.91. The van der Waals surface area contributed by atoms with Crippen molar-refractivity contribution in [1.29, 1.82) is 0 Å². The second kappa shape index (κ2) is 7.23. The van der Waals surface area contributed by atoms with Gasteiger partial charge in [-0.15, -0.1) is 0 Å². The van der Waals surface area contributed by atoms with Gasteiger partial charge in [-0.3, -0.25) is 0 Å². The van der Waals surface area contributed by atoms with Crippen LogP contribution in [0.15, 0.2) is 18.2 Å². The van der Waals surface area contributed by atoms with Gasteiger partial charge in [0.1, 0.15) is 11.6 Å². The van der Waals surface area contributed by atoms with Crippen LogP contribution in [-0.4, -0.2) is 11.7 Å². The van der Waals surface area contributed by atoms with E-state index in [0.29, 0.717) is 6.54 Å². The molecular weight excluding hydrogens is 205 g/mol. The maximum atomic E-state index is 12.9. The van der Waals surface area contributed by atoms with Crippen LogP contribution in [-0.2, 0) is 6.54 Å². The minimum Gasteiger partial charge on any atom is -0.508 e. The monoisotopic (exact) mass is 225 g/mol. The molecule has 0 radical (unpaired) electrons. The Balaban J connectivity index is 2.21. The van der Waals surface area contributed by atoms with Crippen LogP contribution in [0.1, 0.15) is 38.2 Å². The first-order chi connectivity index (χ1) is 7.72. The minimum atomic E-state index is -0.386. The molecule has 0 saturated carbocycles. The molecule has 2 nitrogen and oxygen atoms in total. The zero-order valence-electron chi connectivity index (χ0n) is 9.80. The highest BCUT2D eigenvalue weighted by Gasteiger charge is 1.99. The summed E-state index contributed by atoms with van der Waals surface area (Å²) >= 11 is 0. The van der Waals surface area contributed by atoms with Crippen molar-refractivity contribution < 1.29 is 9.50 Å². The number of phenolic OH excluding ortho intramolecular Hbond substituents is 1. The standard InChI is InChI=1S/C13H20FNO/c1-2-3-4-5-6-15-10-11-7-12(14)9-13(16)8-11/h7-9,15-16H,2-6,10H2,1H3. The minimum absolute atomic E-state index is 0.0113. The van der Waals surface area contributed by atoms with Gasteiger partial charge < -0.3 is 10.4 Å². The number of rotatable bonds is 7. The van der Waals surface area contributed by atoms with E-state index in [1.807, 2.05) is 0 Å². The maximum absolute atomic E-state index is 12.9. The van der Waals surface area contributed by atoms with Gasteiger partial charge in [0.2, 0.25) is 0 Å². The molecule has 2 N–H and O–H groups in total. The Labute approximate surface area is 96.5 Å². The molecule has 0 atom stereocenters. The number of benzene rings is 1. The zero-order chi connectivity index (χ0) is 11.8. The van der Waals surface area contributed by atoms with E-state index in [4.69, 9.17) is 0 Å². The molecule has 16 heavy (non-hydrogen) atoms. The first-order valence-corrected chi connectivity index (χ1v) is 5.91. The summed E-state index contributed by atoms with van der Waals surface area (Å²) in [5, 5.41) is 12.4. The molecule has 0 unspecified atom stereocenters. The molecule has 0 aromatic heterocycles. The Morgan fingerprint density at radius 3 is 2.69 bits per heavy atom. The second-order valence-corrected chi connectivity index (χ2v) is 4.06. The maximum Gasteiger partial charge on any atom is 0.127 e. The largest absolute Gasteiger partial charge is 0.508 e. The number of nitrogens with one attached hydrogen (secondary N) is 1. The summed E-state index contributed by atoms with van der Waals surface area (Å²) in [6.07, 6.45) is 4.88. The van der Waals surface area contributed by atoms with E-state index in [9.17, 15) is 9.50 Å². The highest BCUT2D eigenvalue weighted by Crippen LogP contribution is 2.14. The summed E-state index contributed by atoms with van der Waals surface area (Å²) in [6, 6.07) is 4.14. The van der Waals surface area contributed by atoms with Crippen LogP contribution >= 0.6 is 0 Å². The number of unbranched alkanes of at least 4 members (excludes halogenated alkanes) is 3. The van der Waals surface area contributed by atoms with Crippen molar-refractivity contribution in [3.8, 4) is 5.75 Å². The van der Waals surface area contributed by atoms with Gasteiger partial charge in [-0.1, -0.05) is 26.2 Å². The van der Waals surface area contributed by atoms with Gasteiger partial charge in [0.15, 0.2) is 0 Å². The molecule has 1 aromatic carbocycles. The fraction of sp³-hybridized carbons (Fsp3) is 0.538. The molecule has 0 fully saturated rings. The molecule has 0 aliphatic heterocycles. The predicted molar refractivity (Wildman–Crippen MR) is 63.9 cm³/mol. The van der Waals surface area contributed by atoms with Crippen molar-refractivity contribution in [2.45, 2.75) is 39.2 Å². The van der Waals surface area contributed by atoms with Crippen molar-refractivity contribution in [2.24, 2.45) is 0 Å². The van der Waals surface area contributed by atoms with E-state index in [-0.39, 0.29) is 11.6 Å². The van der Waals surface area contributed by atoms with Crippen molar-refractivity contribution in [3.63, 3.8) is 0 Å². The third-order valence-electron chi connectivity index (χ3n) is 2.48. The van der Waals surface area contributed by atoms with Gasteiger partial charge >= 0.3 is 0 Å². The smallest absolute Gasteiger partial charge is 0.127 e. The summed E-state index contributed by atoms with van der Waals surface area (Å²) < 4.78 is 12.9. The highest BCUT2D eigenvalue weighted by atomic mass is 19.1. The lowest BCUT2D eigenvalue weighted by atomic mass is 10.2. The molecule has 0 bridgehead atoms.